The molecule has 2 N–H and O–H groups in total. The maximum absolute atomic E-state index is 13.6. The molecule has 0 aliphatic carbocycles. The lowest BCUT2D eigenvalue weighted by molar-refractivity contribution is -0.137. The van der Waals surface area contributed by atoms with Crippen molar-refractivity contribution < 1.29 is 27.5 Å². The summed E-state index contributed by atoms with van der Waals surface area (Å²) in [5.74, 6) is -1.19. The molecule has 1 heterocycles. The van der Waals surface area contributed by atoms with Crippen LogP contribution in [0.25, 0.3) is 0 Å². The Labute approximate surface area is 155 Å². The van der Waals surface area contributed by atoms with Crippen molar-refractivity contribution >= 4 is 23.2 Å². The topological polar surface area (TPSA) is 70.7 Å². The molecule has 0 unspecified atom stereocenters. The average Bonchev–Trinajstić information content (AvgIpc) is 2.58. The summed E-state index contributed by atoms with van der Waals surface area (Å²) in [7, 11) is 0. The molecule has 1 aromatic rings. The largest absolute Gasteiger partial charge is 0.418 e. The van der Waals surface area contributed by atoms with Gasteiger partial charge in [-0.05, 0) is 38.1 Å². The summed E-state index contributed by atoms with van der Waals surface area (Å²) in [6, 6.07) is 3.64. The third-order valence-corrected chi connectivity index (χ3v) is 3.95. The Morgan fingerprint density at radius 2 is 1.93 bits per heavy atom. The molecule has 2 atom stereocenters. The molecule has 148 valence electrons. The Morgan fingerprint density at radius 1 is 1.30 bits per heavy atom. The van der Waals surface area contributed by atoms with Gasteiger partial charge in [-0.3, -0.25) is 9.59 Å². The van der Waals surface area contributed by atoms with Crippen LogP contribution in [-0.2, 0) is 20.5 Å². The van der Waals surface area contributed by atoms with Crippen LogP contribution in [0.5, 0.6) is 0 Å². The first kappa shape index (κ1) is 20.8. The van der Waals surface area contributed by atoms with E-state index in [9.17, 15) is 22.8 Å². The van der Waals surface area contributed by atoms with Crippen LogP contribution in [0.15, 0.2) is 30.9 Å². The van der Waals surface area contributed by atoms with Crippen LogP contribution in [0.3, 0.4) is 0 Å². The molecule has 1 aromatic carbocycles. The zero-order chi connectivity index (χ0) is 20.2. The number of hydrogen-bond acceptors (Lipinski definition) is 4. The van der Waals surface area contributed by atoms with Gasteiger partial charge in [0, 0.05) is 24.5 Å². The summed E-state index contributed by atoms with van der Waals surface area (Å²) in [6.07, 6.45) is -3.98. The van der Waals surface area contributed by atoms with Gasteiger partial charge in [-0.2, -0.15) is 13.2 Å². The van der Waals surface area contributed by atoms with Crippen LogP contribution in [-0.4, -0.2) is 43.7 Å². The molecule has 0 radical (unpaired) electrons. The lowest BCUT2D eigenvalue weighted by Gasteiger charge is -2.38. The molecular formula is C18H22F3N3O3. The van der Waals surface area contributed by atoms with E-state index < -0.39 is 23.6 Å². The maximum Gasteiger partial charge on any atom is 0.418 e. The molecule has 1 aliphatic rings. The summed E-state index contributed by atoms with van der Waals surface area (Å²) >= 11 is 0. The highest BCUT2D eigenvalue weighted by molar-refractivity contribution is 5.96. The highest BCUT2D eigenvalue weighted by atomic mass is 19.4. The fourth-order valence-electron chi connectivity index (χ4n) is 2.94. The monoisotopic (exact) mass is 385 g/mol. The van der Waals surface area contributed by atoms with E-state index in [-0.39, 0.29) is 30.1 Å². The number of nitrogens with one attached hydrogen (secondary N) is 2. The van der Waals surface area contributed by atoms with Gasteiger partial charge in [0.15, 0.2) is 0 Å². The second-order valence-corrected chi connectivity index (χ2v) is 6.36. The van der Waals surface area contributed by atoms with Crippen LogP contribution in [0, 0.1) is 0 Å². The number of nitrogens with zero attached hydrogens (tertiary/aromatic N) is 1. The van der Waals surface area contributed by atoms with Gasteiger partial charge in [-0.25, -0.2) is 0 Å². The highest BCUT2D eigenvalue weighted by Gasteiger charge is 2.36. The number of carbonyl (C=O) groups is 2. The number of hydrogen-bond donors (Lipinski definition) is 2. The molecule has 0 bridgehead atoms. The number of halogens is 3. The van der Waals surface area contributed by atoms with E-state index in [1.54, 1.807) is 4.90 Å². The Balaban J connectivity index is 2.21. The van der Waals surface area contributed by atoms with Crippen molar-refractivity contribution in [3.05, 3.63) is 36.4 Å². The Kier molecular flexibility index (Phi) is 6.48. The number of anilines is 2. The third kappa shape index (κ3) is 5.72. The fourth-order valence-corrected chi connectivity index (χ4v) is 2.94. The average molecular weight is 385 g/mol. The summed E-state index contributed by atoms with van der Waals surface area (Å²) < 4.78 is 46.3. The van der Waals surface area contributed by atoms with Crippen molar-refractivity contribution in [2.45, 2.75) is 32.2 Å². The van der Waals surface area contributed by atoms with E-state index in [4.69, 9.17) is 4.74 Å². The van der Waals surface area contributed by atoms with Gasteiger partial charge in [0.25, 0.3) is 0 Å². The molecule has 2 amide bonds. The van der Waals surface area contributed by atoms with Gasteiger partial charge in [-0.15, -0.1) is 0 Å². The van der Waals surface area contributed by atoms with Gasteiger partial charge in [0.1, 0.15) is 0 Å². The maximum atomic E-state index is 13.6. The van der Waals surface area contributed by atoms with Gasteiger partial charge in [0.2, 0.25) is 11.8 Å². The van der Waals surface area contributed by atoms with E-state index in [0.717, 1.165) is 12.1 Å². The Bertz CT molecular complexity index is 712. The van der Waals surface area contributed by atoms with Crippen LogP contribution in [0.4, 0.5) is 24.5 Å². The van der Waals surface area contributed by atoms with Crippen molar-refractivity contribution in [2.75, 3.05) is 29.9 Å². The first-order chi connectivity index (χ1) is 12.6. The molecule has 0 saturated carbocycles. The normalized spacial score (nSPS) is 20.1. The quantitative estimate of drug-likeness (QED) is 0.765. The molecule has 9 heteroatoms. The number of amides is 2. The van der Waals surface area contributed by atoms with Crippen molar-refractivity contribution in [3.63, 3.8) is 0 Å². The number of ether oxygens (including phenoxy) is 1. The molecule has 6 nitrogen and oxygen atoms in total. The smallest absolute Gasteiger partial charge is 0.372 e. The number of rotatable bonds is 5. The predicted octanol–water partition coefficient (Wildman–Crippen LogP) is 2.56. The first-order valence-corrected chi connectivity index (χ1v) is 8.42. The standard InChI is InChI=1S/C18H22F3N3O3/c1-4-16(25)22-8-17(26)23-13-5-6-15(14(7-13)18(19,20)21)24-9-11(2)27-12(3)10-24/h4-7,11-12H,1,8-10H2,2-3H3,(H,22,25)(H,23,26)/t11-,12+. The molecule has 1 aliphatic heterocycles. The van der Waals surface area contributed by atoms with Crippen LogP contribution < -0.4 is 15.5 Å². The van der Waals surface area contributed by atoms with Crippen LogP contribution >= 0.6 is 0 Å². The van der Waals surface area contributed by atoms with Gasteiger partial charge < -0.3 is 20.3 Å². The van der Waals surface area contributed by atoms with Crippen molar-refractivity contribution in [2.24, 2.45) is 0 Å². The molecule has 0 aromatic heterocycles. The number of alkyl halides is 3. The summed E-state index contributed by atoms with van der Waals surface area (Å²) in [4.78, 5) is 24.5. The van der Waals surface area contributed by atoms with Crippen molar-refractivity contribution in [1.29, 1.82) is 0 Å². The van der Waals surface area contributed by atoms with Gasteiger partial charge >= 0.3 is 6.18 Å². The van der Waals surface area contributed by atoms with Crippen LogP contribution in [0.1, 0.15) is 19.4 Å². The number of carbonyl (C=O) groups excluding carboxylic acids is 2. The van der Waals surface area contributed by atoms with Crippen molar-refractivity contribution in [1.82, 2.24) is 5.32 Å². The van der Waals surface area contributed by atoms with Gasteiger partial charge in [0.05, 0.1) is 24.3 Å². The lowest BCUT2D eigenvalue weighted by Crippen LogP contribution is -2.46. The minimum atomic E-state index is -4.59. The van der Waals surface area contributed by atoms with Crippen LogP contribution in [0.2, 0.25) is 0 Å². The highest BCUT2D eigenvalue weighted by Crippen LogP contribution is 2.39. The lowest BCUT2D eigenvalue weighted by atomic mass is 10.1. The van der Waals surface area contributed by atoms with E-state index in [2.05, 4.69) is 17.2 Å². The molecule has 1 saturated heterocycles. The summed E-state index contributed by atoms with van der Waals surface area (Å²) in [6.45, 7) is 7.17. The van der Waals surface area contributed by atoms with E-state index in [1.807, 2.05) is 13.8 Å². The predicted molar refractivity (Wildman–Crippen MR) is 95.5 cm³/mol. The molecule has 1 fully saturated rings. The summed E-state index contributed by atoms with van der Waals surface area (Å²) in [5, 5.41) is 4.61. The third-order valence-electron chi connectivity index (χ3n) is 3.95. The second kappa shape index (κ2) is 8.43. The molecule has 0 spiro atoms. The minimum absolute atomic E-state index is 0.00159. The second-order valence-electron chi connectivity index (χ2n) is 6.36. The molecule has 2 rings (SSSR count). The zero-order valence-electron chi connectivity index (χ0n) is 15.1. The number of morpholine rings is 1. The summed E-state index contributed by atoms with van der Waals surface area (Å²) in [5.41, 5.74) is -0.794. The molecule has 27 heavy (non-hydrogen) atoms. The van der Waals surface area contributed by atoms with Crippen molar-refractivity contribution in [3.8, 4) is 0 Å². The van der Waals surface area contributed by atoms with Gasteiger partial charge in [-0.1, -0.05) is 6.58 Å². The SMILES string of the molecule is C=CC(=O)NCC(=O)Nc1ccc(N2C[C@@H](C)O[C@@H](C)C2)c(C(F)(F)F)c1. The fraction of sp³-hybridized carbons (Fsp3) is 0.444. The van der Waals surface area contributed by atoms with E-state index in [0.29, 0.717) is 13.1 Å². The zero-order valence-corrected chi connectivity index (χ0v) is 15.1. The first-order valence-electron chi connectivity index (χ1n) is 8.42. The van der Waals surface area contributed by atoms with E-state index >= 15 is 0 Å². The van der Waals surface area contributed by atoms with E-state index in [1.165, 1.54) is 12.1 Å². The Morgan fingerprint density at radius 3 is 2.48 bits per heavy atom. The molecular weight excluding hydrogens is 363 g/mol. The minimum Gasteiger partial charge on any atom is -0.372 e. The number of benzene rings is 1. The Hall–Kier alpha value is -2.55.